The molecular weight excluding hydrogens is 342 g/mol. The van der Waals surface area contributed by atoms with E-state index in [2.05, 4.69) is 0 Å². The van der Waals surface area contributed by atoms with E-state index in [1.165, 1.54) is 13.8 Å². The molecule has 9 heteroatoms. The zero-order valence-electron chi connectivity index (χ0n) is 10.4. The Bertz CT molecular complexity index is 278. The number of hydrogen-bond donors (Lipinski definition) is 0. The highest BCUT2D eigenvalue weighted by atomic mass is 35.5. The molecule has 0 aromatic heterocycles. The van der Waals surface area contributed by atoms with Crippen molar-refractivity contribution in [1.82, 2.24) is 0 Å². The molecule has 0 aromatic carbocycles. The molecule has 0 saturated carbocycles. The van der Waals surface area contributed by atoms with Crippen LogP contribution >= 0.6 is 46.4 Å². The van der Waals surface area contributed by atoms with Gasteiger partial charge in [0.25, 0.3) is 0 Å². The first-order valence-corrected chi connectivity index (χ1v) is 6.74. The molecule has 0 rings (SSSR count). The van der Waals surface area contributed by atoms with Gasteiger partial charge in [-0.05, 0) is 13.8 Å². The molecular formula is C10H14Cl4O5. The molecule has 0 N–H and O–H groups in total. The van der Waals surface area contributed by atoms with E-state index in [0.717, 1.165) is 0 Å². The maximum Gasteiger partial charge on any atom is 0.342 e. The van der Waals surface area contributed by atoms with Gasteiger partial charge in [0.15, 0.2) is 0 Å². The van der Waals surface area contributed by atoms with E-state index in [1.807, 2.05) is 0 Å². The quantitative estimate of drug-likeness (QED) is 0.380. The molecule has 5 nitrogen and oxygen atoms in total. The summed E-state index contributed by atoms with van der Waals surface area (Å²) in [7, 11) is 0. The molecule has 0 radical (unpaired) electrons. The van der Waals surface area contributed by atoms with Gasteiger partial charge in [0, 0.05) is 0 Å². The maximum absolute atomic E-state index is 11.1. The molecule has 0 fully saturated rings. The molecule has 0 aliphatic heterocycles. The highest BCUT2D eigenvalue weighted by Gasteiger charge is 2.29. The van der Waals surface area contributed by atoms with Gasteiger partial charge < -0.3 is 14.2 Å². The van der Waals surface area contributed by atoms with E-state index in [0.29, 0.717) is 0 Å². The van der Waals surface area contributed by atoms with E-state index in [4.69, 9.17) is 60.6 Å². The molecule has 0 amide bonds. The van der Waals surface area contributed by atoms with Crippen LogP contribution in [0.2, 0.25) is 0 Å². The van der Waals surface area contributed by atoms with Crippen LogP contribution in [0.1, 0.15) is 13.8 Å². The molecule has 0 heterocycles. The lowest BCUT2D eigenvalue weighted by Crippen LogP contribution is -2.27. The first-order valence-electron chi connectivity index (χ1n) is 5.23. The van der Waals surface area contributed by atoms with Gasteiger partial charge in [0.1, 0.15) is 13.2 Å². The average molecular weight is 356 g/mol. The fourth-order valence-electron chi connectivity index (χ4n) is 0.742. The number of esters is 2. The molecule has 0 atom stereocenters. The van der Waals surface area contributed by atoms with E-state index in [1.54, 1.807) is 0 Å². The average Bonchev–Trinajstić information content (AvgIpc) is 2.24. The van der Waals surface area contributed by atoms with Crippen molar-refractivity contribution in [3.8, 4) is 0 Å². The standard InChI is InChI=1S/C10H14Cl4O5/c1-9(11,12)7(15)18-5-3-17-4-6-19-8(16)10(2,13)14/h3-6H2,1-2H3. The second-order valence-corrected chi connectivity index (χ2v) is 7.07. The summed E-state index contributed by atoms with van der Waals surface area (Å²) >= 11 is 22.0. The predicted octanol–water partition coefficient (Wildman–Crippen LogP) is 2.48. The number of carbonyl (C=O) groups excluding carboxylic acids is 2. The van der Waals surface area contributed by atoms with E-state index >= 15 is 0 Å². The highest BCUT2D eigenvalue weighted by Crippen LogP contribution is 2.21. The van der Waals surface area contributed by atoms with Crippen molar-refractivity contribution >= 4 is 58.3 Å². The van der Waals surface area contributed by atoms with Gasteiger partial charge in [-0.1, -0.05) is 46.4 Å². The molecule has 0 aliphatic rings. The maximum atomic E-state index is 11.1. The van der Waals surface area contributed by atoms with E-state index in [9.17, 15) is 9.59 Å². The second-order valence-electron chi connectivity index (χ2n) is 3.66. The van der Waals surface area contributed by atoms with Crippen molar-refractivity contribution in [3.05, 3.63) is 0 Å². The van der Waals surface area contributed by atoms with Gasteiger partial charge in [-0.25, -0.2) is 9.59 Å². The number of hydrogen-bond acceptors (Lipinski definition) is 5. The molecule has 0 saturated heterocycles. The van der Waals surface area contributed by atoms with Crippen LogP contribution in [0.5, 0.6) is 0 Å². The van der Waals surface area contributed by atoms with Crippen LogP contribution in [0.4, 0.5) is 0 Å². The van der Waals surface area contributed by atoms with Crippen LogP contribution in [0.15, 0.2) is 0 Å². The number of rotatable bonds is 8. The van der Waals surface area contributed by atoms with Crippen molar-refractivity contribution in [2.24, 2.45) is 0 Å². The largest absolute Gasteiger partial charge is 0.461 e. The molecule has 0 unspecified atom stereocenters. The first-order chi connectivity index (χ1) is 8.55. The first kappa shape index (κ1) is 19.1. The topological polar surface area (TPSA) is 61.8 Å². The summed E-state index contributed by atoms with van der Waals surface area (Å²) in [5.74, 6) is -1.52. The van der Waals surface area contributed by atoms with Crippen molar-refractivity contribution in [1.29, 1.82) is 0 Å². The minimum absolute atomic E-state index is 0.00939. The monoisotopic (exact) mass is 354 g/mol. The normalized spacial score (nSPS) is 12.1. The van der Waals surface area contributed by atoms with Crippen LogP contribution in [0, 0.1) is 0 Å². The lowest BCUT2D eigenvalue weighted by Gasteiger charge is -2.13. The summed E-state index contributed by atoms with van der Waals surface area (Å²) in [4.78, 5) is 22.2. The zero-order chi connectivity index (χ0) is 15.1. The Labute approximate surface area is 131 Å². The van der Waals surface area contributed by atoms with Gasteiger partial charge in [-0.3, -0.25) is 0 Å². The second kappa shape index (κ2) is 8.37. The highest BCUT2D eigenvalue weighted by molar-refractivity contribution is 6.57. The third-order valence-electron chi connectivity index (χ3n) is 1.64. The lowest BCUT2D eigenvalue weighted by molar-refractivity contribution is -0.147. The number of alkyl halides is 4. The third-order valence-corrected chi connectivity index (χ3v) is 2.26. The van der Waals surface area contributed by atoms with Crippen molar-refractivity contribution in [2.75, 3.05) is 26.4 Å². The number of carbonyl (C=O) groups is 2. The van der Waals surface area contributed by atoms with Crippen LogP contribution in [-0.2, 0) is 23.8 Å². The van der Waals surface area contributed by atoms with E-state index < -0.39 is 20.6 Å². The Morgan fingerprint density at radius 2 is 1.11 bits per heavy atom. The fraction of sp³-hybridized carbons (Fsp3) is 0.800. The Kier molecular flexibility index (Phi) is 8.40. The molecule has 0 aliphatic carbocycles. The minimum Gasteiger partial charge on any atom is -0.461 e. The number of halogens is 4. The third kappa shape index (κ3) is 9.57. The summed E-state index contributed by atoms with van der Waals surface area (Å²) in [6, 6.07) is 0. The zero-order valence-corrected chi connectivity index (χ0v) is 13.4. The molecule has 112 valence electrons. The Morgan fingerprint density at radius 3 is 1.37 bits per heavy atom. The van der Waals surface area contributed by atoms with Crippen molar-refractivity contribution in [2.45, 2.75) is 22.5 Å². The van der Waals surface area contributed by atoms with Gasteiger partial charge >= 0.3 is 11.9 Å². The van der Waals surface area contributed by atoms with Gasteiger partial charge in [0.05, 0.1) is 13.2 Å². The summed E-state index contributed by atoms with van der Waals surface area (Å²) in [5.41, 5.74) is 0. The smallest absolute Gasteiger partial charge is 0.342 e. The Hall–Kier alpha value is 0.0600. The van der Waals surface area contributed by atoms with Crippen LogP contribution in [-0.4, -0.2) is 47.0 Å². The van der Waals surface area contributed by atoms with Gasteiger partial charge in [0.2, 0.25) is 8.67 Å². The minimum atomic E-state index is -1.58. The summed E-state index contributed by atoms with van der Waals surface area (Å²) in [6.45, 7) is 2.82. The molecule has 0 bridgehead atoms. The number of ether oxygens (including phenoxy) is 3. The summed E-state index contributed by atoms with van der Waals surface area (Å²) in [5, 5.41) is 0. The van der Waals surface area contributed by atoms with Crippen LogP contribution in [0.3, 0.4) is 0 Å². The molecule has 0 spiro atoms. The summed E-state index contributed by atoms with van der Waals surface area (Å²) < 4.78 is 11.3. The molecule has 19 heavy (non-hydrogen) atoms. The summed E-state index contributed by atoms with van der Waals surface area (Å²) in [6.07, 6.45) is 0. The van der Waals surface area contributed by atoms with Gasteiger partial charge in [-0.2, -0.15) is 0 Å². The Morgan fingerprint density at radius 1 is 0.789 bits per heavy atom. The predicted molar refractivity (Wildman–Crippen MR) is 73.0 cm³/mol. The lowest BCUT2D eigenvalue weighted by atomic mass is 10.5. The van der Waals surface area contributed by atoms with Crippen LogP contribution < -0.4 is 0 Å². The van der Waals surface area contributed by atoms with Crippen molar-refractivity contribution in [3.63, 3.8) is 0 Å². The van der Waals surface area contributed by atoms with Gasteiger partial charge in [-0.15, -0.1) is 0 Å². The van der Waals surface area contributed by atoms with Crippen LogP contribution in [0.25, 0.3) is 0 Å². The molecule has 0 aromatic rings. The SMILES string of the molecule is CC(Cl)(Cl)C(=O)OCCOCCOC(=O)C(C)(Cl)Cl. The van der Waals surface area contributed by atoms with Crippen molar-refractivity contribution < 1.29 is 23.8 Å². The fourth-order valence-corrected chi connectivity index (χ4v) is 0.960. The van der Waals surface area contributed by atoms with E-state index in [-0.39, 0.29) is 26.4 Å². The Balaban J connectivity index is 3.53.